The molecule has 2 aliphatic rings. The molecule has 2 heterocycles. The maximum absolute atomic E-state index is 12.2. The fourth-order valence-electron chi connectivity index (χ4n) is 2.36. The summed E-state index contributed by atoms with van der Waals surface area (Å²) in [6.07, 6.45) is 0.658. The van der Waals surface area contributed by atoms with Crippen molar-refractivity contribution in [1.29, 1.82) is 0 Å². The molecule has 0 aromatic heterocycles. The summed E-state index contributed by atoms with van der Waals surface area (Å²) in [4.78, 5) is 14.1. The number of amides is 1. The van der Waals surface area contributed by atoms with Gasteiger partial charge in [-0.25, -0.2) is 0 Å². The van der Waals surface area contributed by atoms with Crippen molar-refractivity contribution >= 4 is 5.91 Å². The van der Waals surface area contributed by atoms with Gasteiger partial charge in [-0.05, 0) is 18.3 Å². The smallest absolute Gasteiger partial charge is 0.245 e. The Morgan fingerprint density at radius 1 is 1.40 bits per heavy atom. The number of carbonyl (C=O) groups is 1. The molecule has 86 valence electrons. The van der Waals surface area contributed by atoms with E-state index in [2.05, 4.69) is 13.8 Å². The Hall–Kier alpha value is -0.610. The summed E-state index contributed by atoms with van der Waals surface area (Å²) in [6, 6.07) is 0. The Kier molecular flexibility index (Phi) is 2.73. The molecule has 2 N–H and O–H groups in total. The third kappa shape index (κ3) is 1.88. The van der Waals surface area contributed by atoms with E-state index in [0.29, 0.717) is 31.5 Å². The van der Waals surface area contributed by atoms with E-state index in [4.69, 9.17) is 10.5 Å². The van der Waals surface area contributed by atoms with Crippen LogP contribution in [-0.4, -0.2) is 42.6 Å². The minimum atomic E-state index is -0.746. The second-order valence-electron chi connectivity index (χ2n) is 5.12. The van der Waals surface area contributed by atoms with Crippen LogP contribution in [0.3, 0.4) is 0 Å². The van der Waals surface area contributed by atoms with Gasteiger partial charge in [-0.2, -0.15) is 0 Å². The van der Waals surface area contributed by atoms with Crippen LogP contribution in [0.15, 0.2) is 0 Å². The number of hydrogen-bond donors (Lipinski definition) is 1. The molecule has 2 rings (SSSR count). The lowest BCUT2D eigenvalue weighted by Gasteiger charge is -2.27. The van der Waals surface area contributed by atoms with Crippen LogP contribution in [0.25, 0.3) is 0 Å². The van der Waals surface area contributed by atoms with Gasteiger partial charge in [0.1, 0.15) is 5.54 Å². The molecule has 0 saturated carbocycles. The van der Waals surface area contributed by atoms with Crippen molar-refractivity contribution < 1.29 is 9.53 Å². The topological polar surface area (TPSA) is 55.6 Å². The molecule has 0 aliphatic carbocycles. The van der Waals surface area contributed by atoms with Crippen LogP contribution in [0.2, 0.25) is 0 Å². The third-order valence-electron chi connectivity index (χ3n) is 3.75. The molecular weight excluding hydrogens is 192 g/mol. The summed E-state index contributed by atoms with van der Waals surface area (Å²) < 4.78 is 5.22. The Morgan fingerprint density at radius 2 is 2.00 bits per heavy atom. The minimum absolute atomic E-state index is 0.0798. The Morgan fingerprint density at radius 3 is 2.47 bits per heavy atom. The first kappa shape index (κ1) is 10.9. The van der Waals surface area contributed by atoms with Gasteiger partial charge in [0.2, 0.25) is 5.91 Å². The molecule has 0 aromatic carbocycles. The molecule has 4 heteroatoms. The van der Waals surface area contributed by atoms with Crippen LogP contribution in [-0.2, 0) is 9.53 Å². The SMILES string of the molecule is CC1CN(C(=O)C2(N)CCOC2)CC1C. The predicted octanol–water partition coefficient (Wildman–Crippen LogP) is 0.219. The van der Waals surface area contributed by atoms with E-state index in [0.717, 1.165) is 13.1 Å². The highest BCUT2D eigenvalue weighted by atomic mass is 16.5. The van der Waals surface area contributed by atoms with Crippen molar-refractivity contribution in [2.75, 3.05) is 26.3 Å². The van der Waals surface area contributed by atoms with Gasteiger partial charge in [-0.1, -0.05) is 13.8 Å². The Balaban J connectivity index is 2.02. The third-order valence-corrected chi connectivity index (χ3v) is 3.75. The zero-order valence-electron chi connectivity index (χ0n) is 9.53. The summed E-state index contributed by atoms with van der Waals surface area (Å²) in [6.45, 7) is 7.06. The largest absolute Gasteiger partial charge is 0.379 e. The fraction of sp³-hybridized carbons (Fsp3) is 0.909. The predicted molar refractivity (Wildman–Crippen MR) is 57.3 cm³/mol. The number of nitrogens with zero attached hydrogens (tertiary/aromatic N) is 1. The highest BCUT2D eigenvalue weighted by molar-refractivity contribution is 5.86. The molecule has 2 fully saturated rings. The highest BCUT2D eigenvalue weighted by Crippen LogP contribution is 2.26. The lowest BCUT2D eigenvalue weighted by atomic mass is 9.98. The van der Waals surface area contributed by atoms with Gasteiger partial charge in [0, 0.05) is 19.7 Å². The van der Waals surface area contributed by atoms with Crippen molar-refractivity contribution in [1.82, 2.24) is 4.90 Å². The zero-order chi connectivity index (χ0) is 11.1. The second kappa shape index (κ2) is 3.76. The number of rotatable bonds is 1. The monoisotopic (exact) mass is 212 g/mol. The summed E-state index contributed by atoms with van der Waals surface area (Å²) in [5.74, 6) is 1.25. The number of nitrogens with two attached hydrogens (primary N) is 1. The van der Waals surface area contributed by atoms with Gasteiger partial charge in [0.15, 0.2) is 0 Å². The van der Waals surface area contributed by atoms with Gasteiger partial charge in [-0.3, -0.25) is 4.79 Å². The molecule has 3 unspecified atom stereocenters. The molecule has 0 spiro atoms. The van der Waals surface area contributed by atoms with Gasteiger partial charge in [0.25, 0.3) is 0 Å². The Labute approximate surface area is 90.8 Å². The van der Waals surface area contributed by atoms with Crippen molar-refractivity contribution in [3.63, 3.8) is 0 Å². The molecule has 2 saturated heterocycles. The molecule has 3 atom stereocenters. The molecule has 15 heavy (non-hydrogen) atoms. The minimum Gasteiger partial charge on any atom is -0.379 e. The fourth-order valence-corrected chi connectivity index (χ4v) is 2.36. The summed E-state index contributed by atoms with van der Waals surface area (Å²) >= 11 is 0. The maximum Gasteiger partial charge on any atom is 0.245 e. The van der Waals surface area contributed by atoms with Crippen LogP contribution in [0.4, 0.5) is 0 Å². The van der Waals surface area contributed by atoms with Gasteiger partial charge in [0.05, 0.1) is 6.61 Å². The van der Waals surface area contributed by atoms with Crippen molar-refractivity contribution in [3.8, 4) is 0 Å². The molecule has 4 nitrogen and oxygen atoms in total. The van der Waals surface area contributed by atoms with E-state index in [1.807, 2.05) is 4.90 Å². The van der Waals surface area contributed by atoms with E-state index < -0.39 is 5.54 Å². The van der Waals surface area contributed by atoms with Gasteiger partial charge in [-0.15, -0.1) is 0 Å². The lowest BCUT2D eigenvalue weighted by Crippen LogP contribution is -2.55. The average Bonchev–Trinajstić information content (AvgIpc) is 2.75. The summed E-state index contributed by atoms with van der Waals surface area (Å²) in [5, 5.41) is 0. The first-order valence-electron chi connectivity index (χ1n) is 5.69. The molecule has 0 bridgehead atoms. The van der Waals surface area contributed by atoms with Crippen LogP contribution in [0.1, 0.15) is 20.3 Å². The summed E-state index contributed by atoms with van der Waals surface area (Å²) in [7, 11) is 0. The van der Waals surface area contributed by atoms with E-state index in [9.17, 15) is 4.79 Å². The number of hydrogen-bond acceptors (Lipinski definition) is 3. The molecule has 0 radical (unpaired) electrons. The average molecular weight is 212 g/mol. The van der Waals surface area contributed by atoms with Crippen LogP contribution in [0, 0.1) is 11.8 Å². The van der Waals surface area contributed by atoms with Crippen molar-refractivity contribution in [2.45, 2.75) is 25.8 Å². The van der Waals surface area contributed by atoms with E-state index in [1.165, 1.54) is 0 Å². The highest BCUT2D eigenvalue weighted by Gasteiger charge is 2.43. The number of likely N-dealkylation sites (tertiary alicyclic amines) is 1. The van der Waals surface area contributed by atoms with Crippen LogP contribution in [0.5, 0.6) is 0 Å². The zero-order valence-corrected chi connectivity index (χ0v) is 9.53. The number of ether oxygens (including phenoxy) is 1. The first-order valence-corrected chi connectivity index (χ1v) is 5.69. The van der Waals surface area contributed by atoms with Crippen LogP contribution >= 0.6 is 0 Å². The first-order chi connectivity index (χ1) is 7.03. The summed E-state index contributed by atoms with van der Waals surface area (Å²) in [5.41, 5.74) is 5.31. The van der Waals surface area contributed by atoms with Crippen LogP contribution < -0.4 is 5.73 Å². The molecule has 1 amide bonds. The van der Waals surface area contributed by atoms with E-state index in [-0.39, 0.29) is 5.91 Å². The second-order valence-corrected chi connectivity index (χ2v) is 5.12. The maximum atomic E-state index is 12.2. The molecule has 0 aromatic rings. The van der Waals surface area contributed by atoms with E-state index in [1.54, 1.807) is 0 Å². The lowest BCUT2D eigenvalue weighted by molar-refractivity contribution is -0.136. The van der Waals surface area contributed by atoms with Crippen molar-refractivity contribution in [2.24, 2.45) is 17.6 Å². The molecular formula is C11H20N2O2. The van der Waals surface area contributed by atoms with Gasteiger partial charge >= 0.3 is 0 Å². The Bertz CT molecular complexity index is 251. The normalized spacial score (nSPS) is 41.1. The molecule has 2 aliphatic heterocycles. The van der Waals surface area contributed by atoms with Crippen molar-refractivity contribution in [3.05, 3.63) is 0 Å². The standard InChI is InChI=1S/C11H20N2O2/c1-8-5-13(6-9(8)2)10(14)11(12)3-4-15-7-11/h8-9H,3-7,12H2,1-2H3. The van der Waals surface area contributed by atoms with E-state index >= 15 is 0 Å². The quantitative estimate of drug-likeness (QED) is 0.676. The van der Waals surface area contributed by atoms with Gasteiger partial charge < -0.3 is 15.4 Å². The number of carbonyl (C=O) groups excluding carboxylic acids is 1.